The highest BCUT2D eigenvalue weighted by molar-refractivity contribution is 5.83. The third kappa shape index (κ3) is 6.55. The summed E-state index contributed by atoms with van der Waals surface area (Å²) in [4.78, 5) is 15.1. The van der Waals surface area contributed by atoms with Crippen LogP contribution < -0.4 is 4.74 Å². The van der Waals surface area contributed by atoms with Crippen LogP contribution in [0.3, 0.4) is 0 Å². The van der Waals surface area contributed by atoms with E-state index in [1.165, 1.54) is 16.7 Å². The van der Waals surface area contributed by atoms with E-state index in [0.717, 1.165) is 67.1 Å². The van der Waals surface area contributed by atoms with Crippen LogP contribution in [0.1, 0.15) is 22.3 Å². The summed E-state index contributed by atoms with van der Waals surface area (Å²) in [5, 5.41) is 0. The summed E-state index contributed by atoms with van der Waals surface area (Å²) in [6.45, 7) is 0. The van der Waals surface area contributed by atoms with Gasteiger partial charge in [-0.25, -0.2) is 15.0 Å². The van der Waals surface area contributed by atoms with Gasteiger partial charge in [-0.1, -0.05) is 218 Å². The standard InChI is InChI=1S/C58H39N3O/c1-5-18-40(19-6-1)41-34-36-43(37-35-41)56-59-55(42-20-7-2-8-21-42)60-57(61-56)47-25-16-23-45(39-47)44-22-15-24-46(38-44)50-30-17-32-52-54(50)62-53-33-14-13-31-51(53)58(52,48-26-9-3-10-27-48)49-28-11-4-12-29-49/h1-39H. The van der Waals surface area contributed by atoms with Gasteiger partial charge < -0.3 is 4.74 Å². The molecule has 0 radical (unpaired) electrons. The van der Waals surface area contributed by atoms with Gasteiger partial charge in [-0.2, -0.15) is 0 Å². The van der Waals surface area contributed by atoms with Crippen molar-refractivity contribution in [3.05, 3.63) is 259 Å². The number of aromatic nitrogens is 3. The average Bonchev–Trinajstić information content (AvgIpc) is 3.36. The lowest BCUT2D eigenvalue weighted by molar-refractivity contribution is 0.436. The molecular formula is C58H39N3O. The largest absolute Gasteiger partial charge is 0.456 e. The second-order valence-corrected chi connectivity index (χ2v) is 15.5. The molecule has 9 aromatic carbocycles. The number of nitrogens with zero attached hydrogens (tertiary/aromatic N) is 3. The van der Waals surface area contributed by atoms with E-state index in [2.05, 4.69) is 200 Å². The van der Waals surface area contributed by atoms with Gasteiger partial charge in [0.1, 0.15) is 11.5 Å². The highest BCUT2D eigenvalue weighted by atomic mass is 16.5. The first-order valence-electron chi connectivity index (χ1n) is 20.9. The van der Waals surface area contributed by atoms with E-state index < -0.39 is 5.41 Å². The molecule has 0 fully saturated rings. The minimum atomic E-state index is -0.597. The number of hydrogen-bond donors (Lipinski definition) is 0. The smallest absolute Gasteiger partial charge is 0.164 e. The Morgan fingerprint density at radius 3 is 1.32 bits per heavy atom. The number of benzene rings is 9. The fourth-order valence-electron chi connectivity index (χ4n) is 8.95. The molecule has 11 rings (SSSR count). The number of hydrogen-bond acceptors (Lipinski definition) is 4. The minimum absolute atomic E-state index is 0.597. The molecule has 0 atom stereocenters. The zero-order valence-electron chi connectivity index (χ0n) is 33.8. The van der Waals surface area contributed by atoms with Crippen LogP contribution in [-0.2, 0) is 5.41 Å². The van der Waals surface area contributed by atoms with E-state index in [4.69, 9.17) is 19.7 Å². The molecule has 1 aliphatic rings. The van der Waals surface area contributed by atoms with Crippen LogP contribution in [0.5, 0.6) is 11.5 Å². The van der Waals surface area contributed by atoms with Crippen LogP contribution in [0.2, 0.25) is 0 Å². The van der Waals surface area contributed by atoms with Crippen molar-refractivity contribution < 1.29 is 4.74 Å². The van der Waals surface area contributed by atoms with Crippen molar-refractivity contribution in [1.82, 2.24) is 15.0 Å². The highest BCUT2D eigenvalue weighted by Gasteiger charge is 2.45. The molecule has 4 heteroatoms. The number of rotatable bonds is 8. The SMILES string of the molecule is c1ccc(-c2ccc(-c3nc(-c4ccccc4)nc(-c4cccc(-c5cccc(-c6cccc7c6Oc6ccccc6C7(c6ccccc6)c6ccccc6)c5)c4)n3)cc2)cc1. The molecular weight excluding hydrogens is 755 g/mol. The van der Waals surface area contributed by atoms with Crippen LogP contribution in [0.15, 0.2) is 237 Å². The molecule has 0 N–H and O–H groups in total. The van der Waals surface area contributed by atoms with Crippen molar-refractivity contribution in [2.75, 3.05) is 0 Å². The second-order valence-electron chi connectivity index (χ2n) is 15.5. The molecule has 62 heavy (non-hydrogen) atoms. The van der Waals surface area contributed by atoms with Crippen LogP contribution in [0, 0.1) is 0 Å². The van der Waals surface area contributed by atoms with Gasteiger partial charge in [0.05, 0.1) is 5.41 Å². The monoisotopic (exact) mass is 793 g/mol. The quantitative estimate of drug-likeness (QED) is 0.154. The molecule has 0 spiro atoms. The van der Waals surface area contributed by atoms with Crippen LogP contribution in [0.4, 0.5) is 0 Å². The molecule has 0 aliphatic carbocycles. The Morgan fingerprint density at radius 1 is 0.290 bits per heavy atom. The van der Waals surface area contributed by atoms with Crippen LogP contribution in [0.25, 0.3) is 67.5 Å². The summed E-state index contributed by atoms with van der Waals surface area (Å²) in [5.41, 5.74) is 13.3. The molecule has 1 aromatic heterocycles. The molecule has 1 aliphatic heterocycles. The lowest BCUT2D eigenvalue weighted by atomic mass is 9.63. The fourth-order valence-corrected chi connectivity index (χ4v) is 8.95. The third-order valence-electron chi connectivity index (χ3n) is 11.9. The van der Waals surface area contributed by atoms with Crippen molar-refractivity contribution >= 4 is 0 Å². The van der Waals surface area contributed by atoms with Crippen molar-refractivity contribution in [2.45, 2.75) is 5.41 Å². The molecule has 0 unspecified atom stereocenters. The van der Waals surface area contributed by atoms with Crippen molar-refractivity contribution in [3.8, 4) is 79.0 Å². The maximum atomic E-state index is 6.99. The van der Waals surface area contributed by atoms with Gasteiger partial charge >= 0.3 is 0 Å². The van der Waals surface area contributed by atoms with Gasteiger partial charge in [-0.05, 0) is 57.1 Å². The van der Waals surface area contributed by atoms with Gasteiger partial charge in [0, 0.05) is 33.4 Å². The van der Waals surface area contributed by atoms with E-state index in [0.29, 0.717) is 17.5 Å². The predicted molar refractivity (Wildman–Crippen MR) is 251 cm³/mol. The Kier molecular flexibility index (Phi) is 9.36. The van der Waals surface area contributed by atoms with E-state index in [-0.39, 0.29) is 0 Å². The molecule has 0 bridgehead atoms. The summed E-state index contributed by atoms with van der Waals surface area (Å²) in [5.74, 6) is 3.57. The van der Waals surface area contributed by atoms with E-state index in [1.54, 1.807) is 0 Å². The summed E-state index contributed by atoms with van der Waals surface area (Å²) >= 11 is 0. The molecule has 0 saturated carbocycles. The first-order chi connectivity index (χ1) is 30.7. The fraction of sp³-hybridized carbons (Fsp3) is 0.0172. The summed E-state index contributed by atoms with van der Waals surface area (Å²) in [7, 11) is 0. The normalized spacial score (nSPS) is 12.5. The summed E-state index contributed by atoms with van der Waals surface area (Å²) in [6.07, 6.45) is 0. The van der Waals surface area contributed by atoms with Crippen LogP contribution in [-0.4, -0.2) is 15.0 Å². The van der Waals surface area contributed by atoms with E-state index >= 15 is 0 Å². The number of ether oxygens (including phenoxy) is 1. The Balaban J connectivity index is 1.01. The van der Waals surface area contributed by atoms with E-state index in [9.17, 15) is 0 Å². The Bertz CT molecular complexity index is 3150. The first kappa shape index (κ1) is 36.8. The molecule has 4 nitrogen and oxygen atoms in total. The minimum Gasteiger partial charge on any atom is -0.456 e. The van der Waals surface area contributed by atoms with Gasteiger partial charge in [-0.15, -0.1) is 0 Å². The Hall–Kier alpha value is -8.21. The maximum Gasteiger partial charge on any atom is 0.164 e. The molecule has 10 aromatic rings. The lowest BCUT2D eigenvalue weighted by Crippen LogP contribution is -2.34. The van der Waals surface area contributed by atoms with Gasteiger partial charge in [-0.3, -0.25) is 0 Å². The second kappa shape index (κ2) is 15.8. The van der Waals surface area contributed by atoms with Crippen molar-refractivity contribution in [2.24, 2.45) is 0 Å². The highest BCUT2D eigenvalue weighted by Crippen LogP contribution is 2.57. The van der Waals surface area contributed by atoms with Crippen molar-refractivity contribution in [1.29, 1.82) is 0 Å². The molecule has 0 saturated heterocycles. The zero-order chi connectivity index (χ0) is 41.3. The predicted octanol–water partition coefficient (Wildman–Crippen LogP) is 14.4. The zero-order valence-corrected chi connectivity index (χ0v) is 33.8. The van der Waals surface area contributed by atoms with Gasteiger partial charge in [0.25, 0.3) is 0 Å². The lowest BCUT2D eigenvalue weighted by Gasteiger charge is -2.42. The molecule has 2 heterocycles. The topological polar surface area (TPSA) is 47.9 Å². The number of fused-ring (bicyclic) bond motifs is 2. The number of para-hydroxylation sites is 2. The molecule has 292 valence electrons. The summed E-state index contributed by atoms with van der Waals surface area (Å²) < 4.78 is 6.99. The third-order valence-corrected chi connectivity index (χ3v) is 11.9. The van der Waals surface area contributed by atoms with Gasteiger partial charge in [0.2, 0.25) is 0 Å². The summed E-state index contributed by atoms with van der Waals surface area (Å²) in [6, 6.07) is 82.8. The van der Waals surface area contributed by atoms with Gasteiger partial charge in [0.15, 0.2) is 17.5 Å². The van der Waals surface area contributed by atoms with E-state index in [1.807, 2.05) is 36.4 Å². The van der Waals surface area contributed by atoms with Crippen LogP contribution >= 0.6 is 0 Å². The van der Waals surface area contributed by atoms with Crippen molar-refractivity contribution in [3.63, 3.8) is 0 Å². The molecule has 0 amide bonds. The Morgan fingerprint density at radius 2 is 0.694 bits per heavy atom. The average molecular weight is 794 g/mol. The maximum absolute atomic E-state index is 6.99. The first-order valence-corrected chi connectivity index (χ1v) is 20.9. The Labute approximate surface area is 361 Å².